The fraction of sp³-hybridized carbons (Fsp3) is 0.909. The summed E-state index contributed by atoms with van der Waals surface area (Å²) in [5.41, 5.74) is 0. The van der Waals surface area contributed by atoms with Crippen LogP contribution in [0.3, 0.4) is 0 Å². The molecule has 1 fully saturated rings. The maximum Gasteiger partial charge on any atom is 0.320 e. The maximum absolute atomic E-state index is 11.3. The van der Waals surface area contributed by atoms with Gasteiger partial charge in [-0.25, -0.2) is 0 Å². The highest BCUT2D eigenvalue weighted by Crippen LogP contribution is 2.30. The predicted octanol–water partition coefficient (Wildman–Crippen LogP) is 1.77. The van der Waals surface area contributed by atoms with Gasteiger partial charge in [0.05, 0.1) is 13.2 Å². The van der Waals surface area contributed by atoms with Gasteiger partial charge in [0, 0.05) is 23.6 Å². The van der Waals surface area contributed by atoms with E-state index in [2.05, 4.69) is 18.7 Å². The van der Waals surface area contributed by atoms with E-state index in [1.807, 2.05) is 18.7 Å². The van der Waals surface area contributed by atoms with Gasteiger partial charge in [-0.2, -0.15) is 11.8 Å². The quantitative estimate of drug-likeness (QED) is 0.692. The molecule has 3 nitrogen and oxygen atoms in total. The van der Waals surface area contributed by atoms with Crippen molar-refractivity contribution in [2.45, 2.75) is 31.9 Å². The number of nitrogens with zero attached hydrogens (tertiary/aromatic N) is 1. The van der Waals surface area contributed by atoms with E-state index >= 15 is 0 Å². The first kappa shape index (κ1) is 12.8. The molecular weight excluding hydrogens is 210 g/mol. The second kappa shape index (κ2) is 5.75. The second-order valence-corrected chi connectivity index (χ2v) is 6.24. The number of hydrogen-bond acceptors (Lipinski definition) is 4. The molecule has 0 bridgehead atoms. The highest BCUT2D eigenvalue weighted by molar-refractivity contribution is 8.00. The normalized spacial score (nSPS) is 22.1. The lowest BCUT2D eigenvalue weighted by Gasteiger charge is -2.21. The van der Waals surface area contributed by atoms with Crippen LogP contribution in [0.2, 0.25) is 0 Å². The van der Waals surface area contributed by atoms with Gasteiger partial charge in [0.2, 0.25) is 0 Å². The van der Waals surface area contributed by atoms with Crippen LogP contribution >= 0.6 is 11.8 Å². The summed E-state index contributed by atoms with van der Waals surface area (Å²) in [4.78, 5) is 13.5. The van der Waals surface area contributed by atoms with Crippen LogP contribution < -0.4 is 0 Å². The SMILES string of the molecule is CCOC(=O)CN1CCSC(C)(C)CC1. The molecule has 1 heterocycles. The Morgan fingerprint density at radius 1 is 1.47 bits per heavy atom. The lowest BCUT2D eigenvalue weighted by Crippen LogP contribution is -2.33. The van der Waals surface area contributed by atoms with Crippen LogP contribution in [0.4, 0.5) is 0 Å². The molecule has 0 amide bonds. The zero-order valence-corrected chi connectivity index (χ0v) is 10.7. The minimum absolute atomic E-state index is 0.0952. The van der Waals surface area contributed by atoms with Gasteiger partial charge in [0.1, 0.15) is 0 Å². The Bertz CT molecular complexity index is 219. The predicted molar refractivity (Wildman–Crippen MR) is 64.2 cm³/mol. The first-order valence-corrected chi connectivity index (χ1v) is 6.54. The number of carbonyl (C=O) groups is 1. The smallest absolute Gasteiger partial charge is 0.320 e. The van der Waals surface area contributed by atoms with Gasteiger partial charge in [0.15, 0.2) is 0 Å². The summed E-state index contributed by atoms with van der Waals surface area (Å²) in [7, 11) is 0. The minimum Gasteiger partial charge on any atom is -0.465 e. The second-order valence-electron chi connectivity index (χ2n) is 4.44. The largest absolute Gasteiger partial charge is 0.465 e. The van der Waals surface area contributed by atoms with Crippen molar-refractivity contribution >= 4 is 17.7 Å². The van der Waals surface area contributed by atoms with Crippen LogP contribution in [0.15, 0.2) is 0 Å². The van der Waals surface area contributed by atoms with Gasteiger partial charge in [-0.05, 0) is 13.3 Å². The number of esters is 1. The molecule has 0 spiro atoms. The van der Waals surface area contributed by atoms with Crippen LogP contribution in [-0.2, 0) is 9.53 Å². The lowest BCUT2D eigenvalue weighted by atomic mass is 10.1. The summed E-state index contributed by atoms with van der Waals surface area (Å²) in [6.07, 6.45) is 1.14. The Morgan fingerprint density at radius 3 is 2.87 bits per heavy atom. The first-order valence-electron chi connectivity index (χ1n) is 5.55. The molecule has 1 aliphatic rings. The molecule has 4 heteroatoms. The van der Waals surface area contributed by atoms with Crippen LogP contribution in [0.5, 0.6) is 0 Å². The van der Waals surface area contributed by atoms with Gasteiger partial charge in [-0.1, -0.05) is 13.8 Å². The maximum atomic E-state index is 11.3. The Balaban J connectivity index is 2.34. The Kier molecular flexibility index (Phi) is 4.93. The van der Waals surface area contributed by atoms with E-state index in [0.29, 0.717) is 17.9 Å². The third-order valence-electron chi connectivity index (χ3n) is 2.59. The lowest BCUT2D eigenvalue weighted by molar-refractivity contribution is -0.144. The minimum atomic E-state index is -0.0952. The summed E-state index contributed by atoms with van der Waals surface area (Å²) in [6, 6.07) is 0. The Hall–Kier alpha value is -0.220. The van der Waals surface area contributed by atoms with Crippen molar-refractivity contribution in [3.05, 3.63) is 0 Å². The third-order valence-corrected chi connectivity index (χ3v) is 3.96. The fourth-order valence-electron chi connectivity index (χ4n) is 1.61. The van der Waals surface area contributed by atoms with Crippen molar-refractivity contribution in [2.24, 2.45) is 0 Å². The molecule has 0 aromatic heterocycles. The Labute approximate surface area is 96.5 Å². The first-order chi connectivity index (χ1) is 7.03. The number of rotatable bonds is 3. The van der Waals surface area contributed by atoms with Crippen molar-refractivity contribution in [1.29, 1.82) is 0 Å². The highest BCUT2D eigenvalue weighted by atomic mass is 32.2. The molecule has 15 heavy (non-hydrogen) atoms. The monoisotopic (exact) mass is 231 g/mol. The Morgan fingerprint density at radius 2 is 2.20 bits per heavy atom. The molecule has 88 valence electrons. The fourth-order valence-corrected chi connectivity index (χ4v) is 2.75. The average molecular weight is 231 g/mol. The molecule has 0 N–H and O–H groups in total. The molecule has 1 saturated heterocycles. The van der Waals surface area contributed by atoms with Crippen LogP contribution in [0.1, 0.15) is 27.2 Å². The van der Waals surface area contributed by atoms with E-state index in [0.717, 1.165) is 25.3 Å². The van der Waals surface area contributed by atoms with Crippen molar-refractivity contribution in [2.75, 3.05) is 32.0 Å². The van der Waals surface area contributed by atoms with Crippen molar-refractivity contribution in [1.82, 2.24) is 4.90 Å². The molecule has 0 unspecified atom stereocenters. The van der Waals surface area contributed by atoms with E-state index in [1.54, 1.807) is 0 Å². The molecule has 0 aromatic rings. The molecule has 0 aliphatic carbocycles. The zero-order valence-electron chi connectivity index (χ0n) is 9.91. The standard InChI is InChI=1S/C11H21NO2S/c1-4-14-10(13)9-12-6-5-11(2,3)15-8-7-12/h4-9H2,1-3H3. The number of hydrogen-bond donors (Lipinski definition) is 0. The summed E-state index contributed by atoms with van der Waals surface area (Å²) in [5.74, 6) is 1.01. The van der Waals surface area contributed by atoms with Crippen LogP contribution in [0.25, 0.3) is 0 Å². The van der Waals surface area contributed by atoms with Crippen molar-refractivity contribution in [3.63, 3.8) is 0 Å². The van der Waals surface area contributed by atoms with Crippen molar-refractivity contribution in [3.8, 4) is 0 Å². The van der Waals surface area contributed by atoms with Crippen LogP contribution in [-0.4, -0.2) is 47.6 Å². The van der Waals surface area contributed by atoms with E-state index in [4.69, 9.17) is 4.74 Å². The van der Waals surface area contributed by atoms with Crippen molar-refractivity contribution < 1.29 is 9.53 Å². The van der Waals surface area contributed by atoms with Gasteiger partial charge in [-0.3, -0.25) is 9.69 Å². The van der Waals surface area contributed by atoms with E-state index < -0.39 is 0 Å². The number of ether oxygens (including phenoxy) is 1. The molecule has 0 aromatic carbocycles. The van der Waals surface area contributed by atoms with E-state index in [1.165, 1.54) is 0 Å². The molecule has 0 saturated carbocycles. The molecule has 1 rings (SSSR count). The molecule has 0 radical (unpaired) electrons. The summed E-state index contributed by atoms with van der Waals surface area (Å²) in [6.45, 7) is 9.31. The topological polar surface area (TPSA) is 29.5 Å². The summed E-state index contributed by atoms with van der Waals surface area (Å²) < 4.78 is 5.30. The molecule has 1 aliphatic heterocycles. The number of carbonyl (C=O) groups excluding carboxylic acids is 1. The van der Waals surface area contributed by atoms with Gasteiger partial charge < -0.3 is 4.74 Å². The van der Waals surface area contributed by atoms with Gasteiger partial charge in [0.25, 0.3) is 0 Å². The van der Waals surface area contributed by atoms with Crippen LogP contribution in [0, 0.1) is 0 Å². The van der Waals surface area contributed by atoms with Gasteiger partial charge >= 0.3 is 5.97 Å². The average Bonchev–Trinajstić information content (AvgIpc) is 2.28. The highest BCUT2D eigenvalue weighted by Gasteiger charge is 2.24. The zero-order chi connectivity index (χ0) is 11.3. The summed E-state index contributed by atoms with van der Waals surface area (Å²) >= 11 is 1.99. The van der Waals surface area contributed by atoms with Gasteiger partial charge in [-0.15, -0.1) is 0 Å². The third kappa shape index (κ3) is 4.89. The van der Waals surface area contributed by atoms with E-state index in [9.17, 15) is 4.79 Å². The molecular formula is C11H21NO2S. The molecule has 0 atom stereocenters. The number of thioether (sulfide) groups is 1. The van der Waals surface area contributed by atoms with E-state index in [-0.39, 0.29) is 5.97 Å². The summed E-state index contributed by atoms with van der Waals surface area (Å²) in [5, 5.41) is 0.